The highest BCUT2D eigenvalue weighted by atomic mass is 32.2. The van der Waals surface area contributed by atoms with Crippen molar-refractivity contribution in [2.45, 2.75) is 0 Å². The third-order valence-corrected chi connectivity index (χ3v) is 4.15. The van der Waals surface area contributed by atoms with Crippen LogP contribution in [0, 0.1) is 10.1 Å². The number of hydrogen-bond donors (Lipinski definition) is 1. The molecule has 0 saturated carbocycles. The fourth-order valence-electron chi connectivity index (χ4n) is 1.87. The van der Waals surface area contributed by atoms with E-state index in [-0.39, 0.29) is 17.0 Å². The molecule has 0 spiro atoms. The molecule has 1 saturated heterocycles. The maximum atomic E-state index is 12.2. The summed E-state index contributed by atoms with van der Waals surface area (Å²) in [5.41, 5.74) is -0.479. The minimum absolute atomic E-state index is 0.141. The highest BCUT2D eigenvalue weighted by Gasteiger charge is 2.27. The third-order valence-electron chi connectivity index (χ3n) is 2.87. The smallest absolute Gasteiger partial charge is 0.282 e. The van der Waals surface area contributed by atoms with Gasteiger partial charge in [-0.3, -0.25) is 19.1 Å². The lowest BCUT2D eigenvalue weighted by molar-refractivity contribution is -0.385. The number of amides is 1. The third kappa shape index (κ3) is 2.90. The van der Waals surface area contributed by atoms with Crippen LogP contribution in [0.25, 0.3) is 0 Å². The Bertz CT molecular complexity index is 550. The summed E-state index contributed by atoms with van der Waals surface area (Å²) in [6.07, 6.45) is 0. The van der Waals surface area contributed by atoms with E-state index in [1.54, 1.807) is 0 Å². The van der Waals surface area contributed by atoms with Crippen LogP contribution in [0.3, 0.4) is 0 Å². The topological polar surface area (TPSA) is 101 Å². The van der Waals surface area contributed by atoms with Gasteiger partial charge in [0.15, 0.2) is 0 Å². The summed E-state index contributed by atoms with van der Waals surface area (Å²) in [5, 5.41) is 20.2. The highest BCUT2D eigenvalue weighted by Crippen LogP contribution is 2.25. The van der Waals surface area contributed by atoms with Crippen LogP contribution < -0.4 is 0 Å². The van der Waals surface area contributed by atoms with Gasteiger partial charge in [0.2, 0.25) is 0 Å². The first-order chi connectivity index (χ1) is 8.99. The first-order valence-electron chi connectivity index (χ1n) is 5.60. The molecule has 1 aromatic rings. The molecule has 1 heterocycles. The molecule has 0 unspecified atom stereocenters. The number of phenolic OH excluding ortho intramolecular Hbond substituents is 1. The van der Waals surface area contributed by atoms with Crippen LogP contribution >= 0.6 is 0 Å². The predicted octanol–water partition coefficient (Wildman–Crippen LogP) is 0.505. The van der Waals surface area contributed by atoms with Gasteiger partial charge in [-0.05, 0) is 12.1 Å². The van der Waals surface area contributed by atoms with Crippen molar-refractivity contribution in [1.29, 1.82) is 0 Å². The summed E-state index contributed by atoms with van der Waals surface area (Å²) in [4.78, 5) is 23.8. The molecule has 0 aliphatic carbocycles. The van der Waals surface area contributed by atoms with E-state index in [1.165, 1.54) is 11.0 Å². The Hall–Kier alpha value is -1.96. The number of aromatic hydroxyl groups is 1. The van der Waals surface area contributed by atoms with Crippen LogP contribution in [0.4, 0.5) is 5.69 Å². The average Bonchev–Trinajstić information content (AvgIpc) is 2.38. The average molecular weight is 284 g/mol. The molecule has 0 atom stereocenters. The molecular weight excluding hydrogens is 272 g/mol. The minimum Gasteiger partial charge on any atom is -0.508 e. The Balaban J connectivity index is 2.30. The molecule has 0 bridgehead atoms. The van der Waals surface area contributed by atoms with Crippen molar-refractivity contribution in [1.82, 2.24) is 4.90 Å². The highest BCUT2D eigenvalue weighted by molar-refractivity contribution is 7.85. The quantitative estimate of drug-likeness (QED) is 0.629. The molecular formula is C11H12N2O5S. The number of nitro groups is 1. The number of nitro benzene ring substituents is 1. The van der Waals surface area contributed by atoms with E-state index in [0.717, 1.165) is 12.1 Å². The SMILES string of the molecule is O=C(c1cc(O)ccc1[N+](=O)[O-])N1CCS(=O)CC1. The van der Waals surface area contributed by atoms with Crippen molar-refractivity contribution in [3.8, 4) is 5.75 Å². The first-order valence-corrected chi connectivity index (χ1v) is 7.09. The Morgan fingerprint density at radius 1 is 1.37 bits per heavy atom. The fourth-order valence-corrected chi connectivity index (χ4v) is 2.92. The van der Waals surface area contributed by atoms with E-state index in [1.807, 2.05) is 0 Å². The molecule has 2 rings (SSSR count). The molecule has 1 fully saturated rings. The van der Waals surface area contributed by atoms with E-state index >= 15 is 0 Å². The van der Waals surface area contributed by atoms with E-state index in [0.29, 0.717) is 24.6 Å². The van der Waals surface area contributed by atoms with Crippen molar-refractivity contribution in [2.75, 3.05) is 24.6 Å². The normalized spacial score (nSPS) is 16.3. The molecule has 1 aliphatic heterocycles. The second kappa shape index (κ2) is 5.35. The summed E-state index contributed by atoms with van der Waals surface area (Å²) in [6, 6.07) is 3.36. The molecule has 1 N–H and O–H groups in total. The summed E-state index contributed by atoms with van der Waals surface area (Å²) in [7, 11) is -0.930. The van der Waals surface area contributed by atoms with Gasteiger partial charge in [0.05, 0.1) is 4.92 Å². The zero-order valence-electron chi connectivity index (χ0n) is 9.94. The lowest BCUT2D eigenvalue weighted by atomic mass is 10.1. The van der Waals surface area contributed by atoms with Gasteiger partial charge in [0.25, 0.3) is 11.6 Å². The zero-order chi connectivity index (χ0) is 14.0. The molecule has 102 valence electrons. The van der Waals surface area contributed by atoms with Crippen LogP contribution in [-0.2, 0) is 10.8 Å². The predicted molar refractivity (Wildman–Crippen MR) is 68.5 cm³/mol. The maximum absolute atomic E-state index is 12.2. The molecule has 1 aromatic carbocycles. The van der Waals surface area contributed by atoms with Gasteiger partial charge in [-0.1, -0.05) is 0 Å². The number of rotatable bonds is 2. The van der Waals surface area contributed by atoms with E-state index in [2.05, 4.69) is 0 Å². The largest absolute Gasteiger partial charge is 0.508 e. The van der Waals surface area contributed by atoms with Crippen LogP contribution in [0.15, 0.2) is 18.2 Å². The van der Waals surface area contributed by atoms with Gasteiger partial charge in [-0.15, -0.1) is 0 Å². The molecule has 1 amide bonds. The standard InChI is InChI=1S/C11H12N2O5S/c14-8-1-2-10(13(16)17)9(7-8)11(15)12-3-5-19(18)6-4-12/h1-2,7,14H,3-6H2. The summed E-state index contributed by atoms with van der Waals surface area (Å²) in [5.74, 6) is 0.0327. The number of carbonyl (C=O) groups excluding carboxylic acids is 1. The van der Waals surface area contributed by atoms with Crippen LogP contribution in [0.2, 0.25) is 0 Å². The summed E-state index contributed by atoms with van der Waals surface area (Å²) in [6.45, 7) is 0.608. The number of hydrogen-bond acceptors (Lipinski definition) is 5. The summed E-state index contributed by atoms with van der Waals surface area (Å²) < 4.78 is 11.2. The van der Waals surface area contributed by atoms with Crippen molar-refractivity contribution in [3.05, 3.63) is 33.9 Å². The summed E-state index contributed by atoms with van der Waals surface area (Å²) >= 11 is 0. The van der Waals surface area contributed by atoms with Gasteiger partial charge < -0.3 is 10.0 Å². The van der Waals surface area contributed by atoms with E-state index in [9.17, 15) is 24.2 Å². The Morgan fingerprint density at radius 2 is 2.00 bits per heavy atom. The van der Waals surface area contributed by atoms with Crippen molar-refractivity contribution < 1.29 is 19.0 Å². The number of nitrogens with zero attached hydrogens (tertiary/aromatic N) is 2. The molecule has 7 nitrogen and oxygen atoms in total. The van der Waals surface area contributed by atoms with Crippen molar-refractivity contribution >= 4 is 22.4 Å². The second-order valence-electron chi connectivity index (χ2n) is 4.10. The van der Waals surface area contributed by atoms with E-state index in [4.69, 9.17) is 0 Å². The van der Waals surface area contributed by atoms with Crippen molar-refractivity contribution in [3.63, 3.8) is 0 Å². The minimum atomic E-state index is -0.930. The fraction of sp³-hybridized carbons (Fsp3) is 0.364. The van der Waals surface area contributed by atoms with Gasteiger partial charge in [0, 0.05) is 41.5 Å². The van der Waals surface area contributed by atoms with Gasteiger partial charge >= 0.3 is 0 Å². The number of benzene rings is 1. The lowest BCUT2D eigenvalue weighted by Crippen LogP contribution is -2.41. The molecule has 1 aliphatic rings. The van der Waals surface area contributed by atoms with Crippen LogP contribution in [-0.4, -0.2) is 49.6 Å². The lowest BCUT2D eigenvalue weighted by Gasteiger charge is -2.26. The van der Waals surface area contributed by atoms with E-state index < -0.39 is 21.6 Å². The molecule has 8 heteroatoms. The molecule has 0 radical (unpaired) electrons. The maximum Gasteiger partial charge on any atom is 0.282 e. The Labute approximate surface area is 111 Å². The Morgan fingerprint density at radius 3 is 2.58 bits per heavy atom. The Kier molecular flexibility index (Phi) is 3.79. The van der Waals surface area contributed by atoms with Crippen molar-refractivity contribution in [2.24, 2.45) is 0 Å². The molecule has 19 heavy (non-hydrogen) atoms. The van der Waals surface area contributed by atoms with Crippen LogP contribution in [0.5, 0.6) is 5.75 Å². The van der Waals surface area contributed by atoms with Gasteiger partial charge in [-0.2, -0.15) is 0 Å². The zero-order valence-corrected chi connectivity index (χ0v) is 10.8. The second-order valence-corrected chi connectivity index (χ2v) is 5.79. The molecule has 0 aromatic heterocycles. The number of carbonyl (C=O) groups is 1. The van der Waals surface area contributed by atoms with Gasteiger partial charge in [0.1, 0.15) is 11.3 Å². The monoisotopic (exact) mass is 284 g/mol. The number of phenols is 1. The van der Waals surface area contributed by atoms with Crippen LogP contribution in [0.1, 0.15) is 10.4 Å². The van der Waals surface area contributed by atoms with Gasteiger partial charge in [-0.25, -0.2) is 0 Å². The first kappa shape index (κ1) is 13.5.